The van der Waals surface area contributed by atoms with E-state index < -0.39 is 12.0 Å². The summed E-state index contributed by atoms with van der Waals surface area (Å²) >= 11 is 12.6. The Hall–Kier alpha value is -1.32. The molecule has 0 aliphatic carbocycles. The zero-order valence-corrected chi connectivity index (χ0v) is 13.1. The molecule has 0 saturated carbocycles. The zero-order chi connectivity index (χ0) is 15.6. The average Bonchev–Trinajstić information content (AvgIpc) is 2.42. The second kappa shape index (κ2) is 6.63. The summed E-state index contributed by atoms with van der Waals surface area (Å²) < 4.78 is 29.5. The molecule has 112 valence electrons. The van der Waals surface area contributed by atoms with Crippen molar-refractivity contribution in [2.75, 3.05) is 0 Å². The minimum atomic E-state index is -2.89. The van der Waals surface area contributed by atoms with Gasteiger partial charge in [-0.25, -0.2) is 0 Å². The van der Waals surface area contributed by atoms with Crippen molar-refractivity contribution in [1.82, 2.24) is 0 Å². The molecule has 0 radical (unpaired) electrons. The van der Waals surface area contributed by atoms with Gasteiger partial charge in [-0.15, -0.1) is 11.6 Å². The SMILES string of the molecule is Cc1cc(C(Cl)c2ccccc2OC(F)F)c(C)cc1Cl. The van der Waals surface area contributed by atoms with Gasteiger partial charge in [0, 0.05) is 10.6 Å². The van der Waals surface area contributed by atoms with Crippen molar-refractivity contribution >= 4 is 23.2 Å². The Morgan fingerprint density at radius 3 is 2.33 bits per heavy atom. The second-order valence-corrected chi connectivity index (χ2v) is 5.58. The van der Waals surface area contributed by atoms with Crippen LogP contribution in [-0.4, -0.2) is 6.61 Å². The van der Waals surface area contributed by atoms with Crippen LogP contribution in [0.3, 0.4) is 0 Å². The molecule has 1 atom stereocenters. The summed E-state index contributed by atoms with van der Waals surface area (Å²) in [5.74, 6) is 0.0829. The predicted octanol–water partition coefficient (Wildman–Crippen LogP) is 5.89. The number of hydrogen-bond acceptors (Lipinski definition) is 1. The maximum Gasteiger partial charge on any atom is 0.387 e. The van der Waals surface area contributed by atoms with Crippen LogP contribution in [0.15, 0.2) is 36.4 Å². The first-order chi connectivity index (χ1) is 9.90. The third-order valence-corrected chi connectivity index (χ3v) is 4.11. The van der Waals surface area contributed by atoms with Gasteiger partial charge in [-0.2, -0.15) is 8.78 Å². The third-order valence-electron chi connectivity index (χ3n) is 3.23. The molecule has 0 aromatic heterocycles. The lowest BCUT2D eigenvalue weighted by molar-refractivity contribution is -0.0504. The number of aryl methyl sites for hydroxylation is 2. The van der Waals surface area contributed by atoms with E-state index in [1.165, 1.54) is 6.07 Å². The summed E-state index contributed by atoms with van der Waals surface area (Å²) in [6, 6.07) is 10.2. The first-order valence-corrected chi connectivity index (χ1v) is 7.16. The number of halogens is 4. The predicted molar refractivity (Wildman–Crippen MR) is 81.7 cm³/mol. The van der Waals surface area contributed by atoms with Gasteiger partial charge in [-0.05, 0) is 42.7 Å². The minimum Gasteiger partial charge on any atom is -0.434 e. The van der Waals surface area contributed by atoms with Gasteiger partial charge in [0.25, 0.3) is 0 Å². The standard InChI is InChI=1S/C16H14Cl2F2O/c1-9-8-13(17)10(2)7-12(9)15(18)11-5-3-4-6-14(11)21-16(19)20/h3-8,15-16H,1-2H3. The summed E-state index contributed by atoms with van der Waals surface area (Å²) in [7, 11) is 0. The van der Waals surface area contributed by atoms with E-state index in [-0.39, 0.29) is 5.75 Å². The smallest absolute Gasteiger partial charge is 0.387 e. The van der Waals surface area contributed by atoms with Crippen molar-refractivity contribution in [2.24, 2.45) is 0 Å². The molecule has 1 unspecified atom stereocenters. The number of hydrogen-bond donors (Lipinski definition) is 0. The molecule has 0 bridgehead atoms. The van der Waals surface area contributed by atoms with Crippen molar-refractivity contribution in [3.63, 3.8) is 0 Å². The van der Waals surface area contributed by atoms with E-state index in [4.69, 9.17) is 23.2 Å². The molecular formula is C16H14Cl2F2O. The van der Waals surface area contributed by atoms with Crippen LogP contribution in [0.25, 0.3) is 0 Å². The largest absolute Gasteiger partial charge is 0.434 e. The lowest BCUT2D eigenvalue weighted by Crippen LogP contribution is -2.06. The van der Waals surface area contributed by atoms with Gasteiger partial charge in [0.15, 0.2) is 0 Å². The molecule has 0 spiro atoms. The van der Waals surface area contributed by atoms with Crippen molar-refractivity contribution in [2.45, 2.75) is 25.8 Å². The monoisotopic (exact) mass is 330 g/mol. The van der Waals surface area contributed by atoms with Crippen LogP contribution in [0.1, 0.15) is 27.6 Å². The Balaban J connectivity index is 2.45. The zero-order valence-electron chi connectivity index (χ0n) is 11.5. The maximum atomic E-state index is 12.5. The van der Waals surface area contributed by atoms with E-state index in [1.54, 1.807) is 18.2 Å². The molecular weight excluding hydrogens is 317 g/mol. The highest BCUT2D eigenvalue weighted by Gasteiger charge is 2.20. The highest BCUT2D eigenvalue weighted by Crippen LogP contribution is 2.38. The molecule has 0 aliphatic rings. The van der Waals surface area contributed by atoms with Gasteiger partial charge >= 0.3 is 6.61 Å². The summed E-state index contributed by atoms with van der Waals surface area (Å²) in [6.07, 6.45) is 0. The fourth-order valence-corrected chi connectivity index (χ4v) is 2.77. The molecule has 2 aromatic carbocycles. The maximum absolute atomic E-state index is 12.5. The van der Waals surface area contributed by atoms with Crippen molar-refractivity contribution in [1.29, 1.82) is 0 Å². The van der Waals surface area contributed by atoms with Gasteiger partial charge in [0.05, 0.1) is 5.38 Å². The minimum absolute atomic E-state index is 0.0829. The number of ether oxygens (including phenoxy) is 1. The lowest BCUT2D eigenvalue weighted by atomic mass is 9.97. The molecule has 0 saturated heterocycles. The van der Waals surface area contributed by atoms with Crippen molar-refractivity contribution in [3.05, 3.63) is 63.7 Å². The molecule has 2 rings (SSSR count). The molecule has 2 aromatic rings. The number of para-hydroxylation sites is 1. The van der Waals surface area contributed by atoms with Crippen LogP contribution in [0.5, 0.6) is 5.75 Å². The highest BCUT2D eigenvalue weighted by molar-refractivity contribution is 6.31. The number of alkyl halides is 3. The van der Waals surface area contributed by atoms with Crippen molar-refractivity contribution in [3.8, 4) is 5.75 Å². The quantitative estimate of drug-likeness (QED) is 0.635. The van der Waals surface area contributed by atoms with E-state index in [1.807, 2.05) is 26.0 Å². The van der Waals surface area contributed by atoms with Crippen LogP contribution in [0, 0.1) is 13.8 Å². The van der Waals surface area contributed by atoms with Gasteiger partial charge in [-0.3, -0.25) is 0 Å². The van der Waals surface area contributed by atoms with Crippen molar-refractivity contribution < 1.29 is 13.5 Å². The number of rotatable bonds is 4. The van der Waals surface area contributed by atoms with Crippen LogP contribution < -0.4 is 4.74 Å². The van der Waals surface area contributed by atoms with E-state index in [0.717, 1.165) is 16.7 Å². The van der Waals surface area contributed by atoms with Gasteiger partial charge < -0.3 is 4.74 Å². The summed E-state index contributed by atoms with van der Waals surface area (Å²) in [6.45, 7) is 0.867. The van der Waals surface area contributed by atoms with Gasteiger partial charge in [0.2, 0.25) is 0 Å². The summed E-state index contributed by atoms with van der Waals surface area (Å²) in [5.41, 5.74) is 3.11. The lowest BCUT2D eigenvalue weighted by Gasteiger charge is -2.18. The van der Waals surface area contributed by atoms with Crippen LogP contribution in [0.4, 0.5) is 8.78 Å². The van der Waals surface area contributed by atoms with Gasteiger partial charge in [-0.1, -0.05) is 35.9 Å². The van der Waals surface area contributed by atoms with Crippen LogP contribution in [-0.2, 0) is 0 Å². The average molecular weight is 331 g/mol. The molecule has 0 heterocycles. The molecule has 0 aliphatic heterocycles. The third kappa shape index (κ3) is 3.66. The van der Waals surface area contributed by atoms with Gasteiger partial charge in [0.1, 0.15) is 5.75 Å². The Morgan fingerprint density at radius 2 is 1.67 bits per heavy atom. The molecule has 0 amide bonds. The highest BCUT2D eigenvalue weighted by atomic mass is 35.5. The molecule has 21 heavy (non-hydrogen) atoms. The molecule has 1 nitrogen and oxygen atoms in total. The molecule has 0 fully saturated rings. The summed E-state index contributed by atoms with van der Waals surface area (Å²) in [5, 5.41) is 0.0631. The van der Waals surface area contributed by atoms with E-state index >= 15 is 0 Å². The Morgan fingerprint density at radius 1 is 1.00 bits per heavy atom. The molecule has 0 N–H and O–H groups in total. The topological polar surface area (TPSA) is 9.23 Å². The first-order valence-electron chi connectivity index (χ1n) is 6.34. The second-order valence-electron chi connectivity index (χ2n) is 4.74. The van der Waals surface area contributed by atoms with E-state index in [2.05, 4.69) is 4.74 Å². The van der Waals surface area contributed by atoms with Crippen LogP contribution in [0.2, 0.25) is 5.02 Å². The first kappa shape index (κ1) is 16.1. The molecule has 5 heteroatoms. The fourth-order valence-electron chi connectivity index (χ4n) is 2.14. The Labute approximate surface area is 132 Å². The van der Waals surface area contributed by atoms with E-state index in [9.17, 15) is 8.78 Å². The van der Waals surface area contributed by atoms with Crippen LogP contribution >= 0.6 is 23.2 Å². The number of benzene rings is 2. The fraction of sp³-hybridized carbons (Fsp3) is 0.250. The summed E-state index contributed by atoms with van der Waals surface area (Å²) in [4.78, 5) is 0. The Kier molecular flexibility index (Phi) is 5.07. The van der Waals surface area contributed by atoms with E-state index in [0.29, 0.717) is 10.6 Å². The normalized spacial score (nSPS) is 12.5. The Bertz CT molecular complexity index is 644.